The molecule has 0 aliphatic carbocycles. The lowest BCUT2D eigenvalue weighted by atomic mass is 10.3. The Kier molecular flexibility index (Phi) is 5.04. The largest absolute Gasteiger partial charge is 0.461 e. The number of aromatic amines is 1. The number of nitrogens with one attached hydrogen (secondary N) is 1. The van der Waals surface area contributed by atoms with Crippen molar-refractivity contribution in [1.82, 2.24) is 10.2 Å². The molecule has 7 nitrogen and oxygen atoms in total. The van der Waals surface area contributed by atoms with Crippen LogP contribution in [0.3, 0.4) is 0 Å². The van der Waals surface area contributed by atoms with E-state index in [2.05, 4.69) is 15.2 Å². The number of aromatic nitrogens is 2. The van der Waals surface area contributed by atoms with Crippen LogP contribution < -0.4 is 0 Å². The summed E-state index contributed by atoms with van der Waals surface area (Å²) < 4.78 is 9.48. The van der Waals surface area contributed by atoms with Crippen LogP contribution in [0.4, 0.5) is 5.82 Å². The number of nitrogens with zero attached hydrogens (tertiary/aromatic N) is 2. The minimum absolute atomic E-state index is 0.150. The zero-order valence-corrected chi connectivity index (χ0v) is 10.5. The van der Waals surface area contributed by atoms with Crippen molar-refractivity contribution >= 4 is 23.5 Å². The zero-order valence-electron chi connectivity index (χ0n) is 10.5. The summed E-state index contributed by atoms with van der Waals surface area (Å²) in [4.78, 5) is 27.0. The van der Waals surface area contributed by atoms with Gasteiger partial charge in [0.25, 0.3) is 0 Å². The van der Waals surface area contributed by atoms with E-state index < -0.39 is 17.7 Å². The average molecular weight is 253 g/mol. The first-order valence-electron chi connectivity index (χ1n) is 5.53. The fourth-order valence-electron chi connectivity index (χ4n) is 1.15. The van der Waals surface area contributed by atoms with Crippen molar-refractivity contribution in [3.05, 3.63) is 11.8 Å². The van der Waals surface area contributed by atoms with Crippen molar-refractivity contribution in [2.45, 2.75) is 20.8 Å². The van der Waals surface area contributed by atoms with E-state index in [1.807, 2.05) is 0 Å². The van der Waals surface area contributed by atoms with Crippen LogP contribution in [0.5, 0.6) is 0 Å². The van der Waals surface area contributed by atoms with Crippen molar-refractivity contribution in [3.63, 3.8) is 0 Å². The Bertz CT molecular complexity index is 445. The van der Waals surface area contributed by atoms with Crippen LogP contribution in [0, 0.1) is 6.92 Å². The number of esters is 2. The standard InChI is InChI=1S/C11H15N3O4/c1-4-17-10(15)9(11(16)18-5-2)12-8-6-7(3)13-14-8/h6H,4-5H2,1-3H3,(H,13,14). The van der Waals surface area contributed by atoms with E-state index in [1.54, 1.807) is 26.8 Å². The molecule has 7 heteroatoms. The first kappa shape index (κ1) is 13.9. The van der Waals surface area contributed by atoms with Crippen LogP contribution in [0.2, 0.25) is 0 Å². The zero-order chi connectivity index (χ0) is 13.5. The number of rotatable bonds is 5. The lowest BCUT2D eigenvalue weighted by Gasteiger charge is -2.04. The summed E-state index contributed by atoms with van der Waals surface area (Å²) in [6, 6.07) is 1.60. The van der Waals surface area contributed by atoms with Crippen LogP contribution >= 0.6 is 0 Å². The number of hydrogen-bond donors (Lipinski definition) is 1. The molecule has 0 radical (unpaired) electrons. The monoisotopic (exact) mass is 253 g/mol. The lowest BCUT2D eigenvalue weighted by Crippen LogP contribution is -2.28. The summed E-state index contributed by atoms with van der Waals surface area (Å²) in [6.45, 7) is 5.35. The van der Waals surface area contributed by atoms with Crippen molar-refractivity contribution in [3.8, 4) is 0 Å². The molecule has 1 heterocycles. The predicted octanol–water partition coefficient (Wildman–Crippen LogP) is 0.917. The molecule has 98 valence electrons. The maximum Gasteiger partial charge on any atom is 0.364 e. The highest BCUT2D eigenvalue weighted by Gasteiger charge is 2.23. The smallest absolute Gasteiger partial charge is 0.364 e. The molecule has 0 aromatic carbocycles. The highest BCUT2D eigenvalue weighted by atomic mass is 16.6. The Morgan fingerprint density at radius 2 is 1.83 bits per heavy atom. The number of carbonyl (C=O) groups excluding carboxylic acids is 2. The maximum absolute atomic E-state index is 11.6. The van der Waals surface area contributed by atoms with Gasteiger partial charge < -0.3 is 9.47 Å². The fourth-order valence-corrected chi connectivity index (χ4v) is 1.15. The van der Waals surface area contributed by atoms with E-state index >= 15 is 0 Å². The number of H-pyrrole nitrogens is 1. The second-order valence-electron chi connectivity index (χ2n) is 3.31. The van der Waals surface area contributed by atoms with E-state index in [4.69, 9.17) is 9.47 Å². The van der Waals surface area contributed by atoms with Crippen LogP contribution in [0.15, 0.2) is 11.1 Å². The lowest BCUT2D eigenvalue weighted by molar-refractivity contribution is -0.140. The summed E-state index contributed by atoms with van der Waals surface area (Å²) >= 11 is 0. The Morgan fingerprint density at radius 3 is 2.22 bits per heavy atom. The van der Waals surface area contributed by atoms with Gasteiger partial charge in [-0.1, -0.05) is 0 Å². The normalized spacial score (nSPS) is 9.72. The second kappa shape index (κ2) is 6.53. The minimum atomic E-state index is -0.823. The van der Waals surface area contributed by atoms with Gasteiger partial charge in [-0.3, -0.25) is 5.10 Å². The molecule has 18 heavy (non-hydrogen) atoms. The molecule has 1 aromatic heterocycles. The predicted molar refractivity (Wildman–Crippen MR) is 63.7 cm³/mol. The number of aryl methyl sites for hydroxylation is 1. The van der Waals surface area contributed by atoms with Gasteiger partial charge in [-0.05, 0) is 20.8 Å². The molecule has 0 unspecified atom stereocenters. The van der Waals surface area contributed by atoms with Gasteiger partial charge in [0, 0.05) is 11.8 Å². The Balaban J connectivity index is 2.99. The van der Waals surface area contributed by atoms with Crippen molar-refractivity contribution in [1.29, 1.82) is 0 Å². The van der Waals surface area contributed by atoms with E-state index in [0.717, 1.165) is 5.69 Å². The van der Waals surface area contributed by atoms with Gasteiger partial charge in [0.05, 0.1) is 13.2 Å². The van der Waals surface area contributed by atoms with Crippen LogP contribution in [0.1, 0.15) is 19.5 Å². The molecule has 0 aliphatic rings. The molecule has 0 fully saturated rings. The van der Waals surface area contributed by atoms with Gasteiger partial charge in [0.2, 0.25) is 5.71 Å². The maximum atomic E-state index is 11.6. The van der Waals surface area contributed by atoms with Gasteiger partial charge >= 0.3 is 11.9 Å². The molecule has 1 aromatic rings. The molecule has 0 amide bonds. The second-order valence-corrected chi connectivity index (χ2v) is 3.31. The van der Waals surface area contributed by atoms with E-state index in [0.29, 0.717) is 0 Å². The minimum Gasteiger partial charge on any atom is -0.461 e. The Labute approximate surface area is 104 Å². The number of ether oxygens (including phenoxy) is 2. The van der Waals surface area contributed by atoms with E-state index in [1.165, 1.54) is 0 Å². The summed E-state index contributed by atoms with van der Waals surface area (Å²) in [7, 11) is 0. The molecule has 0 saturated carbocycles. The van der Waals surface area contributed by atoms with Gasteiger partial charge in [-0.25, -0.2) is 14.6 Å². The molecule has 0 bridgehead atoms. The molecule has 1 N–H and O–H groups in total. The summed E-state index contributed by atoms with van der Waals surface area (Å²) in [6.07, 6.45) is 0. The molecule has 0 saturated heterocycles. The number of aliphatic imine (C=N–C) groups is 1. The first-order chi connectivity index (χ1) is 8.58. The highest BCUT2D eigenvalue weighted by molar-refractivity contribution is 6.62. The molecule has 0 atom stereocenters. The van der Waals surface area contributed by atoms with Crippen molar-refractivity contribution < 1.29 is 19.1 Å². The topological polar surface area (TPSA) is 93.6 Å². The summed E-state index contributed by atoms with van der Waals surface area (Å²) in [5, 5.41) is 6.47. The summed E-state index contributed by atoms with van der Waals surface area (Å²) in [5.41, 5.74) is 0.353. The van der Waals surface area contributed by atoms with Crippen LogP contribution in [-0.2, 0) is 19.1 Å². The molecule has 0 aliphatic heterocycles. The van der Waals surface area contributed by atoms with E-state index in [9.17, 15) is 9.59 Å². The quantitative estimate of drug-likeness (QED) is 0.478. The molecular weight excluding hydrogens is 238 g/mol. The molecular formula is C11H15N3O4. The molecule has 1 rings (SSSR count). The third kappa shape index (κ3) is 3.69. The Hall–Kier alpha value is -2.18. The van der Waals surface area contributed by atoms with Crippen molar-refractivity contribution in [2.24, 2.45) is 4.99 Å². The molecule has 0 spiro atoms. The third-order valence-electron chi connectivity index (χ3n) is 1.86. The third-order valence-corrected chi connectivity index (χ3v) is 1.86. The SMILES string of the molecule is CCOC(=O)C(=Nc1cc(C)[nH]n1)C(=O)OCC. The number of hydrogen-bond acceptors (Lipinski definition) is 6. The van der Waals surface area contributed by atoms with Gasteiger partial charge in [-0.2, -0.15) is 5.10 Å². The van der Waals surface area contributed by atoms with Gasteiger partial charge in [0.15, 0.2) is 5.82 Å². The highest BCUT2D eigenvalue weighted by Crippen LogP contribution is 2.09. The van der Waals surface area contributed by atoms with Crippen molar-refractivity contribution in [2.75, 3.05) is 13.2 Å². The van der Waals surface area contributed by atoms with Gasteiger partial charge in [0.1, 0.15) is 0 Å². The number of carbonyl (C=O) groups is 2. The van der Waals surface area contributed by atoms with Crippen LogP contribution in [-0.4, -0.2) is 41.1 Å². The summed E-state index contributed by atoms with van der Waals surface area (Å²) in [5.74, 6) is -1.42. The van der Waals surface area contributed by atoms with E-state index in [-0.39, 0.29) is 19.0 Å². The Morgan fingerprint density at radius 1 is 1.28 bits per heavy atom. The first-order valence-corrected chi connectivity index (χ1v) is 5.53. The van der Waals surface area contributed by atoms with Gasteiger partial charge in [-0.15, -0.1) is 0 Å². The fraction of sp³-hybridized carbons (Fsp3) is 0.455. The average Bonchev–Trinajstić information content (AvgIpc) is 2.72. The van der Waals surface area contributed by atoms with Crippen LogP contribution in [0.25, 0.3) is 0 Å².